The van der Waals surface area contributed by atoms with Crippen LogP contribution in [0.4, 0.5) is 0 Å². The summed E-state index contributed by atoms with van der Waals surface area (Å²) < 4.78 is 0. The number of nitrogens with zero attached hydrogens (tertiary/aromatic N) is 1. The van der Waals surface area contributed by atoms with Crippen molar-refractivity contribution < 1.29 is 4.79 Å². The number of carbonyl (C=O) groups excluding carboxylic acids is 1. The molecule has 1 N–H and O–H groups in total. The van der Waals surface area contributed by atoms with Gasteiger partial charge in [0, 0.05) is 34.5 Å². The minimum Gasteiger partial charge on any atom is -0.354 e. The number of ketones is 1. The predicted molar refractivity (Wildman–Crippen MR) is 105 cm³/mol. The number of rotatable bonds is 3. The number of hydrogen-bond acceptors (Lipinski definition) is 2. The van der Waals surface area contributed by atoms with Gasteiger partial charge in [0.2, 0.25) is 0 Å². The van der Waals surface area contributed by atoms with Gasteiger partial charge < -0.3 is 4.98 Å². The van der Waals surface area contributed by atoms with E-state index in [0.717, 1.165) is 27.4 Å². The summed E-state index contributed by atoms with van der Waals surface area (Å²) in [6, 6.07) is 17.4. The zero-order valence-electron chi connectivity index (χ0n) is 13.9. The molecule has 2 aromatic carbocycles. The predicted octanol–water partition coefficient (Wildman–Crippen LogP) is 5.10. The van der Waals surface area contributed by atoms with Gasteiger partial charge in [0.1, 0.15) is 0 Å². The Kier molecular flexibility index (Phi) is 3.32. The smallest absolute Gasteiger partial charge is 0.197 e. The number of fused-ring (bicyclic) bond motifs is 3. The fourth-order valence-corrected chi connectivity index (χ4v) is 3.51. The molecule has 2 aromatic heterocycles. The molecule has 4 aromatic rings. The van der Waals surface area contributed by atoms with Crippen molar-refractivity contribution in [3.63, 3.8) is 0 Å². The maximum Gasteiger partial charge on any atom is 0.197 e. The van der Waals surface area contributed by atoms with Gasteiger partial charge in [-0.25, -0.2) is 0 Å². The summed E-state index contributed by atoms with van der Waals surface area (Å²) in [7, 11) is 0. The lowest BCUT2D eigenvalue weighted by Crippen LogP contribution is -2.07. The normalized spacial score (nSPS) is 13.5. The topological polar surface area (TPSA) is 45.8 Å². The van der Waals surface area contributed by atoms with E-state index in [-0.39, 0.29) is 5.78 Å². The van der Waals surface area contributed by atoms with Crippen molar-refractivity contribution in [1.29, 1.82) is 0 Å². The van der Waals surface area contributed by atoms with Gasteiger partial charge in [-0.3, -0.25) is 9.78 Å². The van der Waals surface area contributed by atoms with Crippen LogP contribution in [-0.4, -0.2) is 15.8 Å². The Hall–Kier alpha value is -3.46. The van der Waals surface area contributed by atoms with E-state index in [1.54, 1.807) is 0 Å². The van der Waals surface area contributed by atoms with Crippen LogP contribution in [0, 0.1) is 6.42 Å². The molecule has 0 spiro atoms. The van der Waals surface area contributed by atoms with E-state index in [2.05, 4.69) is 16.0 Å². The quantitative estimate of drug-likeness (QED) is 0.529. The fourth-order valence-electron chi connectivity index (χ4n) is 3.51. The molecule has 0 amide bonds. The number of benzene rings is 2. The highest BCUT2D eigenvalue weighted by Crippen LogP contribution is 2.33. The number of carbonyl (C=O) groups is 1. The van der Waals surface area contributed by atoms with Gasteiger partial charge in [0.15, 0.2) is 5.78 Å². The highest BCUT2D eigenvalue weighted by molar-refractivity contribution is 6.22. The second-order valence-corrected chi connectivity index (χ2v) is 6.31. The average Bonchev–Trinajstić information content (AvgIpc) is 3.35. The van der Waals surface area contributed by atoms with Crippen molar-refractivity contribution in [1.82, 2.24) is 9.97 Å². The molecule has 1 aliphatic carbocycles. The Morgan fingerprint density at radius 2 is 1.73 bits per heavy atom. The van der Waals surface area contributed by atoms with E-state index in [1.807, 2.05) is 79.4 Å². The van der Waals surface area contributed by atoms with E-state index >= 15 is 0 Å². The lowest BCUT2D eigenvalue weighted by Gasteiger charge is -2.10. The van der Waals surface area contributed by atoms with E-state index in [9.17, 15) is 4.79 Å². The maximum absolute atomic E-state index is 13.4. The first-order valence-corrected chi connectivity index (χ1v) is 8.54. The number of aromatic amines is 1. The fraction of sp³-hybridized carbons (Fsp3) is 0. The summed E-state index contributed by atoms with van der Waals surface area (Å²) in [6.07, 6.45) is 9.75. The van der Waals surface area contributed by atoms with Gasteiger partial charge in [0.05, 0.1) is 16.8 Å². The van der Waals surface area contributed by atoms with Crippen LogP contribution in [0.2, 0.25) is 0 Å². The summed E-state index contributed by atoms with van der Waals surface area (Å²) in [6.45, 7) is 0. The molecule has 0 atom stereocenters. The molecule has 123 valence electrons. The summed E-state index contributed by atoms with van der Waals surface area (Å²) in [5.74, 6) is -0.0218. The standard InChI is InChI=1S/C23H15N2O/c26-23(16-10-2-1-3-11-16)20-21(15-8-4-5-9-15)24-14-18-17-12-6-7-13-19(17)25-22(18)20/h1-14,25H. The monoisotopic (exact) mass is 335 g/mol. The first kappa shape index (κ1) is 14.8. The lowest BCUT2D eigenvalue weighted by atomic mass is 9.96. The first-order valence-electron chi connectivity index (χ1n) is 8.54. The highest BCUT2D eigenvalue weighted by atomic mass is 16.1. The summed E-state index contributed by atoms with van der Waals surface area (Å²) in [5, 5.41) is 2.04. The Bertz CT molecular complexity index is 1210. The number of aromatic nitrogens is 2. The van der Waals surface area contributed by atoms with Crippen molar-refractivity contribution in [3.8, 4) is 0 Å². The van der Waals surface area contributed by atoms with Crippen molar-refractivity contribution in [2.75, 3.05) is 0 Å². The van der Waals surface area contributed by atoms with Crippen LogP contribution in [0.1, 0.15) is 21.6 Å². The summed E-state index contributed by atoms with van der Waals surface area (Å²) in [5.41, 5.74) is 4.79. The van der Waals surface area contributed by atoms with Crippen molar-refractivity contribution in [2.45, 2.75) is 0 Å². The minimum absolute atomic E-state index is 0.0218. The van der Waals surface area contributed by atoms with Crippen molar-refractivity contribution >= 4 is 33.2 Å². The number of para-hydroxylation sites is 1. The molecule has 1 radical (unpaired) electrons. The van der Waals surface area contributed by atoms with Crippen LogP contribution < -0.4 is 0 Å². The lowest BCUT2D eigenvalue weighted by molar-refractivity contribution is 0.103. The van der Waals surface area contributed by atoms with Gasteiger partial charge in [-0.2, -0.15) is 0 Å². The molecule has 0 fully saturated rings. The number of nitrogens with one attached hydrogen (secondary N) is 1. The van der Waals surface area contributed by atoms with Crippen LogP contribution in [0.5, 0.6) is 0 Å². The molecule has 3 nitrogen and oxygen atoms in total. The van der Waals surface area contributed by atoms with E-state index in [4.69, 9.17) is 0 Å². The molecular weight excluding hydrogens is 320 g/mol. The van der Waals surface area contributed by atoms with Crippen LogP contribution in [0.25, 0.3) is 27.4 Å². The molecular formula is C23H15N2O. The molecule has 0 unspecified atom stereocenters. The second-order valence-electron chi connectivity index (χ2n) is 6.31. The van der Waals surface area contributed by atoms with Crippen molar-refractivity contribution in [2.24, 2.45) is 0 Å². The number of allylic oxidation sites excluding steroid dienone is 4. The van der Waals surface area contributed by atoms with Crippen LogP contribution in [-0.2, 0) is 0 Å². The van der Waals surface area contributed by atoms with E-state index in [0.29, 0.717) is 16.8 Å². The highest BCUT2D eigenvalue weighted by Gasteiger charge is 2.22. The largest absolute Gasteiger partial charge is 0.354 e. The Labute approximate surface area is 150 Å². The van der Waals surface area contributed by atoms with E-state index < -0.39 is 0 Å². The van der Waals surface area contributed by atoms with Gasteiger partial charge in [-0.1, -0.05) is 66.8 Å². The molecule has 3 heteroatoms. The molecule has 0 saturated carbocycles. The van der Waals surface area contributed by atoms with Gasteiger partial charge in [0.25, 0.3) is 0 Å². The zero-order valence-corrected chi connectivity index (χ0v) is 13.9. The molecule has 0 bridgehead atoms. The molecule has 0 aliphatic heterocycles. The zero-order chi connectivity index (χ0) is 17.5. The summed E-state index contributed by atoms with van der Waals surface area (Å²) >= 11 is 0. The molecule has 26 heavy (non-hydrogen) atoms. The van der Waals surface area contributed by atoms with Gasteiger partial charge >= 0.3 is 0 Å². The second kappa shape index (κ2) is 5.81. The maximum atomic E-state index is 13.4. The third kappa shape index (κ3) is 2.21. The molecule has 1 aliphatic rings. The Morgan fingerprint density at radius 1 is 0.923 bits per heavy atom. The first-order chi connectivity index (χ1) is 12.8. The third-order valence-corrected chi connectivity index (χ3v) is 4.75. The number of hydrogen-bond donors (Lipinski definition) is 1. The van der Waals surface area contributed by atoms with Crippen LogP contribution in [0.3, 0.4) is 0 Å². The Balaban J connectivity index is 1.86. The van der Waals surface area contributed by atoms with Crippen LogP contribution >= 0.6 is 0 Å². The minimum atomic E-state index is -0.0218. The SMILES string of the molecule is O=C(c1ccccc1)c1c(C2=C[CH]C=C2)ncc2c1[nH]c1ccccc12. The average molecular weight is 335 g/mol. The Morgan fingerprint density at radius 3 is 2.54 bits per heavy atom. The third-order valence-electron chi connectivity index (χ3n) is 4.75. The van der Waals surface area contributed by atoms with Crippen LogP contribution in [0.15, 0.2) is 79.0 Å². The van der Waals surface area contributed by atoms with Gasteiger partial charge in [-0.05, 0) is 11.6 Å². The molecule has 2 heterocycles. The molecule has 0 saturated heterocycles. The molecule has 5 rings (SSSR count). The summed E-state index contributed by atoms with van der Waals surface area (Å²) in [4.78, 5) is 21.5. The number of pyridine rings is 1. The van der Waals surface area contributed by atoms with E-state index in [1.165, 1.54) is 0 Å². The number of H-pyrrole nitrogens is 1. The van der Waals surface area contributed by atoms with Gasteiger partial charge in [-0.15, -0.1) is 0 Å². The van der Waals surface area contributed by atoms with Crippen molar-refractivity contribution in [3.05, 3.63) is 102 Å².